The van der Waals surface area contributed by atoms with Gasteiger partial charge in [0, 0.05) is 4.47 Å². The number of rotatable bonds is 4. The number of hydrogen-bond acceptors (Lipinski definition) is 4. The molecule has 6 heteroatoms. The third kappa shape index (κ3) is 3.67. The molecule has 22 heavy (non-hydrogen) atoms. The topological polar surface area (TPSA) is 44.2 Å². The molecule has 2 aromatic rings. The zero-order valence-corrected chi connectivity index (χ0v) is 16.6. The molecule has 0 fully saturated rings. The number of aromatic nitrogens is 2. The minimum atomic E-state index is -1.77. The highest BCUT2D eigenvalue weighted by Crippen LogP contribution is 2.37. The van der Waals surface area contributed by atoms with Gasteiger partial charge in [0.05, 0.1) is 25.4 Å². The van der Waals surface area contributed by atoms with Gasteiger partial charge in [0.1, 0.15) is 5.52 Å². The quantitative estimate of drug-likeness (QED) is 0.703. The summed E-state index contributed by atoms with van der Waals surface area (Å²) in [6.07, 6.45) is 1.62. The summed E-state index contributed by atoms with van der Waals surface area (Å²) >= 11 is 3.57. The first-order valence-electron chi connectivity index (χ1n) is 7.27. The zero-order valence-electron chi connectivity index (χ0n) is 14.0. The lowest BCUT2D eigenvalue weighted by Gasteiger charge is -2.36. The summed E-state index contributed by atoms with van der Waals surface area (Å²) in [4.78, 5) is 8.82. The lowest BCUT2D eigenvalue weighted by atomic mass is 10.2. The first-order valence-corrected chi connectivity index (χ1v) is 11.0. The average Bonchev–Trinajstić information content (AvgIpc) is 2.43. The molecule has 0 aliphatic heterocycles. The summed E-state index contributed by atoms with van der Waals surface area (Å²) in [5, 5.41) is 0.199. The van der Waals surface area contributed by atoms with Crippen LogP contribution in [0.1, 0.15) is 26.3 Å². The number of hydrogen-bond donors (Lipinski definition) is 0. The fraction of sp³-hybridized carbons (Fsp3) is 0.500. The molecule has 120 valence electrons. The van der Waals surface area contributed by atoms with Crippen molar-refractivity contribution in [2.24, 2.45) is 0 Å². The molecule has 4 nitrogen and oxygen atoms in total. The average molecular weight is 383 g/mol. The van der Waals surface area contributed by atoms with Crippen LogP contribution in [0.15, 0.2) is 22.8 Å². The molecule has 0 aliphatic rings. The molecule has 0 N–H and O–H groups in total. The van der Waals surface area contributed by atoms with Crippen LogP contribution >= 0.6 is 15.9 Å². The first kappa shape index (κ1) is 17.4. The standard InChI is InChI=1S/C16H23BrN2O2Si/c1-16(2,3)22(5,6)21-10-11-7-12(17)15-13(8-11)19-14(20-4)9-18-15/h7-9H,10H2,1-6H3. The fourth-order valence-electron chi connectivity index (χ4n) is 1.78. The van der Waals surface area contributed by atoms with Crippen LogP contribution in [0.3, 0.4) is 0 Å². The van der Waals surface area contributed by atoms with Crippen molar-refractivity contribution in [2.45, 2.75) is 45.5 Å². The summed E-state index contributed by atoms with van der Waals surface area (Å²) < 4.78 is 12.4. The van der Waals surface area contributed by atoms with Crippen molar-refractivity contribution in [3.63, 3.8) is 0 Å². The van der Waals surface area contributed by atoms with Gasteiger partial charge in [-0.25, -0.2) is 9.97 Å². The second-order valence-electron chi connectivity index (χ2n) is 6.91. The lowest BCUT2D eigenvalue weighted by Crippen LogP contribution is -2.40. The van der Waals surface area contributed by atoms with Gasteiger partial charge in [0.15, 0.2) is 8.32 Å². The molecule has 1 heterocycles. The van der Waals surface area contributed by atoms with E-state index in [-0.39, 0.29) is 5.04 Å². The molecular weight excluding hydrogens is 360 g/mol. The van der Waals surface area contributed by atoms with Gasteiger partial charge in [0.25, 0.3) is 0 Å². The number of nitrogens with zero attached hydrogens (tertiary/aromatic N) is 2. The van der Waals surface area contributed by atoms with Crippen LogP contribution in [0, 0.1) is 0 Å². The van der Waals surface area contributed by atoms with E-state index < -0.39 is 8.32 Å². The summed E-state index contributed by atoms with van der Waals surface area (Å²) in [5.74, 6) is 0.516. The normalized spacial score (nSPS) is 12.7. The molecule has 0 spiro atoms. The van der Waals surface area contributed by atoms with E-state index in [1.165, 1.54) is 0 Å². The molecule has 0 atom stereocenters. The van der Waals surface area contributed by atoms with E-state index in [4.69, 9.17) is 9.16 Å². The fourth-order valence-corrected chi connectivity index (χ4v) is 3.34. The van der Waals surface area contributed by atoms with Crippen LogP contribution in [0.25, 0.3) is 11.0 Å². The van der Waals surface area contributed by atoms with Gasteiger partial charge < -0.3 is 9.16 Å². The van der Waals surface area contributed by atoms with Crippen LogP contribution in [0.5, 0.6) is 5.88 Å². The SMILES string of the molecule is COc1cnc2c(Br)cc(CO[Si](C)(C)C(C)(C)C)cc2n1. The van der Waals surface area contributed by atoms with Gasteiger partial charge >= 0.3 is 0 Å². The minimum Gasteiger partial charge on any atom is -0.480 e. The summed E-state index contributed by atoms with van der Waals surface area (Å²) in [5.41, 5.74) is 2.73. The largest absolute Gasteiger partial charge is 0.480 e. The Morgan fingerprint density at radius 2 is 1.91 bits per heavy atom. The number of methoxy groups -OCH3 is 1. The predicted molar refractivity (Wildman–Crippen MR) is 95.8 cm³/mol. The van der Waals surface area contributed by atoms with Crippen LogP contribution in [0.2, 0.25) is 18.1 Å². The molecule has 2 rings (SSSR count). The molecule has 0 saturated carbocycles. The van der Waals surface area contributed by atoms with Crippen molar-refractivity contribution in [3.05, 3.63) is 28.4 Å². The van der Waals surface area contributed by atoms with Crippen molar-refractivity contribution in [2.75, 3.05) is 7.11 Å². The number of halogens is 1. The Morgan fingerprint density at radius 1 is 1.23 bits per heavy atom. The second kappa shape index (κ2) is 6.26. The minimum absolute atomic E-state index is 0.199. The highest BCUT2D eigenvalue weighted by atomic mass is 79.9. The summed E-state index contributed by atoms with van der Waals surface area (Å²) in [6, 6.07) is 4.07. The van der Waals surface area contributed by atoms with Crippen LogP contribution in [0.4, 0.5) is 0 Å². The third-order valence-corrected chi connectivity index (χ3v) is 9.34. The maximum absolute atomic E-state index is 6.28. The lowest BCUT2D eigenvalue weighted by molar-refractivity contribution is 0.276. The van der Waals surface area contributed by atoms with E-state index in [2.05, 4.69) is 65.8 Å². The van der Waals surface area contributed by atoms with E-state index in [9.17, 15) is 0 Å². The van der Waals surface area contributed by atoms with Gasteiger partial charge in [-0.05, 0) is 51.8 Å². The molecule has 0 aliphatic carbocycles. The second-order valence-corrected chi connectivity index (χ2v) is 12.6. The predicted octanol–water partition coefficient (Wildman–Crippen LogP) is 4.92. The monoisotopic (exact) mass is 382 g/mol. The summed E-state index contributed by atoms with van der Waals surface area (Å²) in [6.45, 7) is 11.8. The van der Waals surface area contributed by atoms with E-state index in [0.29, 0.717) is 12.5 Å². The zero-order chi connectivity index (χ0) is 16.5. The Hall–Kier alpha value is -0.983. The first-order chi connectivity index (χ1) is 10.1. The van der Waals surface area contributed by atoms with E-state index in [1.54, 1.807) is 13.3 Å². The van der Waals surface area contributed by atoms with E-state index >= 15 is 0 Å². The molecule has 0 amide bonds. The third-order valence-electron chi connectivity index (χ3n) is 4.25. The number of fused-ring (bicyclic) bond motifs is 1. The van der Waals surface area contributed by atoms with Crippen LogP contribution in [-0.2, 0) is 11.0 Å². The van der Waals surface area contributed by atoms with Gasteiger partial charge in [-0.1, -0.05) is 20.8 Å². The number of ether oxygens (including phenoxy) is 1. The Kier molecular flexibility index (Phi) is 4.94. The smallest absolute Gasteiger partial charge is 0.232 e. The van der Waals surface area contributed by atoms with E-state index in [1.807, 2.05) is 6.07 Å². The highest BCUT2D eigenvalue weighted by Gasteiger charge is 2.37. The van der Waals surface area contributed by atoms with Crippen molar-refractivity contribution in [1.29, 1.82) is 0 Å². The molecular formula is C16H23BrN2O2Si. The molecule has 0 saturated heterocycles. The Bertz CT molecular complexity index is 684. The maximum atomic E-state index is 6.28. The highest BCUT2D eigenvalue weighted by molar-refractivity contribution is 9.10. The van der Waals surface area contributed by atoms with Crippen molar-refractivity contribution < 1.29 is 9.16 Å². The Labute approximate surface area is 141 Å². The van der Waals surface area contributed by atoms with Gasteiger partial charge in [-0.3, -0.25) is 0 Å². The van der Waals surface area contributed by atoms with Gasteiger partial charge in [0.2, 0.25) is 5.88 Å². The van der Waals surface area contributed by atoms with Crippen molar-refractivity contribution in [1.82, 2.24) is 9.97 Å². The number of benzene rings is 1. The maximum Gasteiger partial charge on any atom is 0.232 e. The van der Waals surface area contributed by atoms with Gasteiger partial charge in [-0.15, -0.1) is 0 Å². The van der Waals surface area contributed by atoms with Gasteiger partial charge in [-0.2, -0.15) is 0 Å². The van der Waals surface area contributed by atoms with E-state index in [0.717, 1.165) is 21.1 Å². The molecule has 0 bridgehead atoms. The Morgan fingerprint density at radius 3 is 2.50 bits per heavy atom. The Balaban J connectivity index is 2.29. The molecule has 1 aromatic heterocycles. The van der Waals surface area contributed by atoms with Crippen LogP contribution < -0.4 is 4.74 Å². The molecule has 0 radical (unpaired) electrons. The van der Waals surface area contributed by atoms with Crippen LogP contribution in [-0.4, -0.2) is 25.4 Å². The summed E-state index contributed by atoms with van der Waals surface area (Å²) in [7, 11) is -0.174. The van der Waals surface area contributed by atoms with Crippen molar-refractivity contribution in [3.8, 4) is 5.88 Å². The molecule has 0 unspecified atom stereocenters. The molecule has 1 aromatic carbocycles. The van der Waals surface area contributed by atoms with Crippen molar-refractivity contribution >= 4 is 35.3 Å².